The van der Waals surface area contributed by atoms with Gasteiger partial charge in [0.1, 0.15) is 22.8 Å². The van der Waals surface area contributed by atoms with Crippen LogP contribution in [0.25, 0.3) is 22.7 Å². The molecule has 2 aromatic heterocycles. The lowest BCUT2D eigenvalue weighted by atomic mass is 10.0. The molecule has 2 aromatic carbocycles. The van der Waals surface area contributed by atoms with E-state index in [0.717, 1.165) is 0 Å². The molecule has 0 amide bonds. The fraction of sp³-hybridized carbons (Fsp3) is 0.0909. The third kappa shape index (κ3) is 3.40. The number of furan rings is 1. The molecule has 2 heterocycles. The van der Waals surface area contributed by atoms with Crippen LogP contribution >= 0.6 is 0 Å². The van der Waals surface area contributed by atoms with Crippen LogP contribution in [0.4, 0.5) is 0 Å². The molecule has 0 fully saturated rings. The summed E-state index contributed by atoms with van der Waals surface area (Å²) < 4.78 is 21.8. The number of ketones is 1. The molecule has 0 N–H and O–H groups in total. The van der Waals surface area contributed by atoms with E-state index in [1.165, 1.54) is 20.5 Å². The SMILES string of the molecule is COc1cc(OC)cc(C(=O)C(=Cc2ccco2)c2nc3ccccc3o2)c1. The minimum atomic E-state index is -0.292. The van der Waals surface area contributed by atoms with Crippen molar-refractivity contribution in [3.05, 3.63) is 78.1 Å². The van der Waals surface area contributed by atoms with E-state index < -0.39 is 0 Å². The average molecular weight is 375 g/mol. The predicted octanol–water partition coefficient (Wildman–Crippen LogP) is 4.86. The lowest BCUT2D eigenvalue weighted by Gasteiger charge is -2.08. The van der Waals surface area contributed by atoms with E-state index in [-0.39, 0.29) is 17.2 Å². The number of allylic oxidation sites excluding steroid dienone is 1. The van der Waals surface area contributed by atoms with Crippen LogP contribution in [0.1, 0.15) is 22.0 Å². The first kappa shape index (κ1) is 17.6. The van der Waals surface area contributed by atoms with Gasteiger partial charge < -0.3 is 18.3 Å². The topological polar surface area (TPSA) is 74.7 Å². The largest absolute Gasteiger partial charge is 0.497 e. The van der Waals surface area contributed by atoms with Crippen molar-refractivity contribution in [2.24, 2.45) is 0 Å². The number of ether oxygens (including phenoxy) is 2. The minimum Gasteiger partial charge on any atom is -0.497 e. The van der Waals surface area contributed by atoms with Crippen molar-refractivity contribution in [2.75, 3.05) is 14.2 Å². The van der Waals surface area contributed by atoms with Gasteiger partial charge in [0.2, 0.25) is 5.89 Å². The molecule has 0 saturated carbocycles. The number of aromatic nitrogens is 1. The number of benzene rings is 2. The zero-order valence-electron chi connectivity index (χ0n) is 15.3. The van der Waals surface area contributed by atoms with Crippen LogP contribution in [0, 0.1) is 0 Å². The number of carbonyl (C=O) groups excluding carboxylic acids is 1. The Morgan fingerprint density at radius 2 is 1.75 bits per heavy atom. The maximum Gasteiger partial charge on any atom is 0.231 e. The van der Waals surface area contributed by atoms with E-state index >= 15 is 0 Å². The molecule has 0 unspecified atom stereocenters. The van der Waals surface area contributed by atoms with E-state index in [9.17, 15) is 4.79 Å². The Morgan fingerprint density at radius 1 is 1.00 bits per heavy atom. The Hall–Kier alpha value is -3.80. The normalized spacial score (nSPS) is 11.6. The summed E-state index contributed by atoms with van der Waals surface area (Å²) in [4.78, 5) is 17.8. The second kappa shape index (κ2) is 7.44. The molecule has 0 bridgehead atoms. The number of carbonyl (C=O) groups is 1. The second-order valence-corrected chi connectivity index (χ2v) is 5.99. The Balaban J connectivity index is 1.85. The van der Waals surface area contributed by atoms with Gasteiger partial charge in [-0.1, -0.05) is 12.1 Å². The van der Waals surface area contributed by atoms with E-state index in [0.29, 0.717) is 33.9 Å². The first-order valence-corrected chi connectivity index (χ1v) is 8.57. The Labute approximate surface area is 161 Å². The number of methoxy groups -OCH3 is 2. The van der Waals surface area contributed by atoms with Crippen LogP contribution in [0.15, 0.2) is 69.7 Å². The molecule has 0 aliphatic carbocycles. The van der Waals surface area contributed by atoms with E-state index in [1.54, 1.807) is 42.5 Å². The number of hydrogen-bond acceptors (Lipinski definition) is 6. The zero-order valence-corrected chi connectivity index (χ0v) is 15.3. The lowest BCUT2D eigenvalue weighted by molar-refractivity contribution is 0.105. The molecular formula is C22H17NO5. The lowest BCUT2D eigenvalue weighted by Crippen LogP contribution is -2.04. The van der Waals surface area contributed by atoms with Gasteiger partial charge in [0.25, 0.3) is 0 Å². The summed E-state index contributed by atoms with van der Waals surface area (Å²) in [6.07, 6.45) is 3.15. The van der Waals surface area contributed by atoms with Crippen LogP contribution in [0.3, 0.4) is 0 Å². The molecule has 6 heteroatoms. The fourth-order valence-electron chi connectivity index (χ4n) is 2.82. The Morgan fingerprint density at radius 3 is 2.39 bits per heavy atom. The first-order chi connectivity index (χ1) is 13.7. The molecule has 4 rings (SSSR count). The van der Waals surface area contributed by atoms with Crippen molar-refractivity contribution in [2.45, 2.75) is 0 Å². The van der Waals surface area contributed by atoms with Crippen LogP contribution in [0.2, 0.25) is 0 Å². The maximum atomic E-state index is 13.4. The number of rotatable bonds is 6. The summed E-state index contributed by atoms with van der Waals surface area (Å²) in [7, 11) is 3.06. The molecule has 0 radical (unpaired) electrons. The van der Waals surface area contributed by atoms with E-state index in [2.05, 4.69) is 4.98 Å². The number of para-hydroxylation sites is 2. The molecule has 0 spiro atoms. The van der Waals surface area contributed by atoms with Crippen LogP contribution < -0.4 is 9.47 Å². The molecule has 140 valence electrons. The minimum absolute atomic E-state index is 0.212. The highest BCUT2D eigenvalue weighted by Gasteiger charge is 2.22. The zero-order chi connectivity index (χ0) is 19.5. The molecule has 0 aliphatic rings. The van der Waals surface area contributed by atoms with Gasteiger partial charge in [-0.15, -0.1) is 0 Å². The maximum absolute atomic E-state index is 13.4. The van der Waals surface area contributed by atoms with Crippen molar-refractivity contribution < 1.29 is 23.1 Å². The summed E-state index contributed by atoms with van der Waals surface area (Å²) in [6.45, 7) is 0. The van der Waals surface area contributed by atoms with Crippen molar-refractivity contribution in [3.8, 4) is 11.5 Å². The molecule has 4 aromatic rings. The Bertz CT molecular complexity index is 1100. The van der Waals surface area contributed by atoms with Crippen LogP contribution in [-0.4, -0.2) is 25.0 Å². The highest BCUT2D eigenvalue weighted by Crippen LogP contribution is 2.29. The smallest absolute Gasteiger partial charge is 0.231 e. The number of oxazole rings is 1. The predicted molar refractivity (Wildman–Crippen MR) is 104 cm³/mol. The Kier molecular flexibility index (Phi) is 4.68. The monoisotopic (exact) mass is 375 g/mol. The average Bonchev–Trinajstić information content (AvgIpc) is 3.40. The van der Waals surface area contributed by atoms with Gasteiger partial charge in [-0.3, -0.25) is 4.79 Å². The highest BCUT2D eigenvalue weighted by atomic mass is 16.5. The molecule has 6 nitrogen and oxygen atoms in total. The summed E-state index contributed by atoms with van der Waals surface area (Å²) in [5.41, 5.74) is 1.91. The van der Waals surface area contributed by atoms with E-state index in [1.807, 2.05) is 18.2 Å². The summed E-state index contributed by atoms with van der Waals surface area (Å²) >= 11 is 0. The molecule has 0 saturated heterocycles. The number of Topliss-reactive ketones (excluding diaryl/α,β-unsaturated/α-hetero) is 1. The van der Waals surface area contributed by atoms with Crippen LogP contribution in [-0.2, 0) is 0 Å². The van der Waals surface area contributed by atoms with Crippen molar-refractivity contribution in [1.29, 1.82) is 0 Å². The van der Waals surface area contributed by atoms with E-state index in [4.69, 9.17) is 18.3 Å². The van der Waals surface area contributed by atoms with Crippen molar-refractivity contribution >= 4 is 28.5 Å². The van der Waals surface area contributed by atoms with Crippen molar-refractivity contribution in [3.63, 3.8) is 0 Å². The molecule has 0 atom stereocenters. The number of fused-ring (bicyclic) bond motifs is 1. The van der Waals surface area contributed by atoms with Gasteiger partial charge in [-0.2, -0.15) is 0 Å². The molecular weight excluding hydrogens is 358 g/mol. The van der Waals surface area contributed by atoms with Gasteiger partial charge in [0.05, 0.1) is 26.1 Å². The van der Waals surface area contributed by atoms with Gasteiger partial charge >= 0.3 is 0 Å². The number of hydrogen-bond donors (Lipinski definition) is 0. The van der Waals surface area contributed by atoms with Gasteiger partial charge in [-0.05, 0) is 42.5 Å². The van der Waals surface area contributed by atoms with Crippen molar-refractivity contribution in [1.82, 2.24) is 4.98 Å². The second-order valence-electron chi connectivity index (χ2n) is 5.99. The quantitative estimate of drug-likeness (QED) is 0.354. The summed E-state index contributed by atoms with van der Waals surface area (Å²) in [5.74, 6) is 1.46. The van der Waals surface area contributed by atoms with Gasteiger partial charge in [-0.25, -0.2) is 4.98 Å². The van der Waals surface area contributed by atoms with Gasteiger partial charge in [0, 0.05) is 11.6 Å². The van der Waals surface area contributed by atoms with Gasteiger partial charge in [0.15, 0.2) is 11.4 Å². The highest BCUT2D eigenvalue weighted by molar-refractivity contribution is 6.31. The number of nitrogens with zero attached hydrogens (tertiary/aromatic N) is 1. The molecule has 28 heavy (non-hydrogen) atoms. The third-order valence-electron chi connectivity index (χ3n) is 4.21. The fourth-order valence-corrected chi connectivity index (χ4v) is 2.82. The third-order valence-corrected chi connectivity index (χ3v) is 4.21. The summed E-state index contributed by atoms with van der Waals surface area (Å²) in [5, 5.41) is 0. The van der Waals surface area contributed by atoms with Crippen LogP contribution in [0.5, 0.6) is 11.5 Å². The standard InChI is InChI=1S/C22H17NO5/c1-25-16-10-14(11-17(12-16)26-2)21(24)18(13-15-6-5-9-27-15)22-23-19-7-3-4-8-20(19)28-22/h3-13H,1-2H3. The first-order valence-electron chi connectivity index (χ1n) is 8.57. The molecule has 0 aliphatic heterocycles. The summed E-state index contributed by atoms with van der Waals surface area (Å²) in [6, 6.07) is 15.8.